The topological polar surface area (TPSA) is 314 Å². The number of Topliss-reactive ketones (excluding diaryl/α,β-unsaturated/α-hetero) is 3. The molecule has 5 heterocycles. The van der Waals surface area contributed by atoms with Crippen LogP contribution in [0.5, 0.6) is 11.5 Å². The van der Waals surface area contributed by atoms with E-state index in [1.807, 2.05) is 72.8 Å². The van der Waals surface area contributed by atoms with Gasteiger partial charge >= 0.3 is 5.97 Å². The number of methoxy groups -OCH3 is 2. The van der Waals surface area contributed by atoms with E-state index in [4.69, 9.17) is 15.2 Å². The lowest BCUT2D eigenvalue weighted by molar-refractivity contribution is -0.122. The van der Waals surface area contributed by atoms with E-state index >= 15 is 0 Å². The number of carbonyl (C=O) groups excluding carboxylic acids is 5. The number of aromatic nitrogens is 2. The first-order chi connectivity index (χ1) is 48.5. The summed E-state index contributed by atoms with van der Waals surface area (Å²) in [5, 5.41) is 17.1. The number of sulfone groups is 3. The number of ether oxygens (including phenoxy) is 2. The van der Waals surface area contributed by atoms with E-state index in [2.05, 4.69) is 73.9 Å². The molecule has 23 heteroatoms. The first-order valence-electron chi connectivity index (χ1n) is 35.8. The summed E-state index contributed by atoms with van der Waals surface area (Å²) in [4.78, 5) is 81.4. The molecule has 0 bridgehead atoms. The Morgan fingerprint density at radius 2 is 1.05 bits per heavy atom. The number of aromatic carboxylic acids is 1. The minimum atomic E-state index is -3.08. The molecule has 20 nitrogen and oxygen atoms in total. The zero-order chi connectivity index (χ0) is 73.5. The monoisotopic (exact) mass is 1460 g/mol. The van der Waals surface area contributed by atoms with Crippen LogP contribution in [0.4, 0.5) is 0 Å². The highest BCUT2D eigenvalue weighted by Crippen LogP contribution is 2.67. The Kier molecular flexibility index (Phi) is 17.8. The fourth-order valence-corrected chi connectivity index (χ4v) is 23.3. The number of carbonyl (C=O) groups is 6. The van der Waals surface area contributed by atoms with Gasteiger partial charge in [-0.2, -0.15) is 0 Å². The molecular formula is C80H91N5O15S3. The Morgan fingerprint density at radius 3 is 1.55 bits per heavy atom. The molecule has 2 aromatic heterocycles. The maximum atomic E-state index is 13.9. The average molecular weight is 1460 g/mol. The molecule has 3 saturated heterocycles. The van der Waals surface area contributed by atoms with Crippen LogP contribution in [-0.4, -0.2) is 142 Å². The van der Waals surface area contributed by atoms with Gasteiger partial charge in [-0.25, -0.2) is 30.0 Å². The highest BCUT2D eigenvalue weighted by atomic mass is 32.2. The molecule has 103 heavy (non-hydrogen) atoms. The Hall–Kier alpha value is -8.25. The van der Waals surface area contributed by atoms with Crippen molar-refractivity contribution in [3.8, 4) is 11.5 Å². The normalized spacial score (nSPS) is 24.7. The SMILES string of the molecule is CC1(C)CC2(CC2)C(=O)c2[nH]c3ccc(C(=O)NC4CCS(=O)(=O)C4)cc3c21.COc1ccc(CC2C3=C(c4cc(C(=O)NC5CCS(=O)(=O)C5)ccc42)C(C)(C)CC2(CC2)C3=O)cc1.COc1ccc(Cn2c3c(c4cc(C(=O)O)ccc42)C(C)(C)CC2(CC2)C3=O)cc1.NC1CCS(=O)(=O)C1. The zero-order valence-corrected chi connectivity index (χ0v) is 62.1. The third kappa shape index (κ3) is 13.6. The van der Waals surface area contributed by atoms with Crippen molar-refractivity contribution in [2.24, 2.45) is 27.4 Å². The predicted octanol–water partition coefficient (Wildman–Crippen LogP) is 11.4. The van der Waals surface area contributed by atoms with Crippen molar-refractivity contribution in [1.82, 2.24) is 20.2 Å². The van der Waals surface area contributed by atoms with Crippen LogP contribution in [-0.2, 0) is 58.1 Å². The van der Waals surface area contributed by atoms with Gasteiger partial charge in [0, 0.05) is 85.3 Å². The Bertz CT molecular complexity index is 5120. The summed E-state index contributed by atoms with van der Waals surface area (Å²) in [6, 6.07) is 31.5. The molecule has 3 saturated carbocycles. The molecular weight excluding hydrogens is 1370 g/mol. The second-order valence-electron chi connectivity index (χ2n) is 32.8. The van der Waals surface area contributed by atoms with E-state index in [0.717, 1.165) is 141 Å². The number of ketones is 3. The molecule has 4 unspecified atom stereocenters. The van der Waals surface area contributed by atoms with Crippen LogP contribution in [0, 0.1) is 21.7 Å². The Labute approximate surface area is 601 Å². The van der Waals surface area contributed by atoms with Gasteiger partial charge < -0.3 is 40.5 Å². The van der Waals surface area contributed by atoms with Gasteiger partial charge in [-0.15, -0.1) is 0 Å². The van der Waals surface area contributed by atoms with Gasteiger partial charge in [0.25, 0.3) is 11.8 Å². The van der Waals surface area contributed by atoms with Crippen LogP contribution < -0.4 is 25.8 Å². The van der Waals surface area contributed by atoms with Crippen molar-refractivity contribution < 1.29 is 68.6 Å². The molecule has 2 amide bonds. The van der Waals surface area contributed by atoms with Crippen LogP contribution in [0.25, 0.3) is 27.4 Å². The maximum absolute atomic E-state index is 13.9. The first kappa shape index (κ1) is 71.7. The summed E-state index contributed by atoms with van der Waals surface area (Å²) in [7, 11) is -5.56. The van der Waals surface area contributed by atoms with Crippen molar-refractivity contribution in [3.05, 3.63) is 170 Å². The molecule has 7 aromatic rings. The van der Waals surface area contributed by atoms with Gasteiger partial charge in [0.2, 0.25) is 0 Å². The number of carboxylic acid groups (broad SMARTS) is 1. The quantitative estimate of drug-likeness (QED) is 0.0804. The number of fused-ring (bicyclic) bond motifs is 8. The van der Waals surface area contributed by atoms with Crippen molar-refractivity contribution >= 4 is 92.0 Å². The minimum Gasteiger partial charge on any atom is -0.497 e. The third-order valence-electron chi connectivity index (χ3n) is 23.5. The summed E-state index contributed by atoms with van der Waals surface area (Å²) < 4.78 is 80.8. The third-order valence-corrected chi connectivity index (χ3v) is 28.8. The van der Waals surface area contributed by atoms with Crippen molar-refractivity contribution in [3.63, 3.8) is 0 Å². The van der Waals surface area contributed by atoms with Gasteiger partial charge in [0.15, 0.2) is 46.9 Å². The summed E-state index contributed by atoms with van der Waals surface area (Å²) in [6.45, 7) is 13.7. The molecule has 0 radical (unpaired) electrons. The molecule has 7 aliphatic carbocycles. The Morgan fingerprint density at radius 1 is 0.563 bits per heavy atom. The van der Waals surface area contributed by atoms with Gasteiger partial charge in [0.05, 0.1) is 65.7 Å². The lowest BCUT2D eigenvalue weighted by Crippen LogP contribution is -2.36. The second kappa shape index (κ2) is 25.5. The standard InChI is InChI=1S/C30H33NO5S.C25H25NO4.C21H24N2O4S.C4H9NO2S/c1-29(2)17-30(11-12-30)27(32)25-23(14-18-4-7-21(36-3)8-5-18)22-9-6-19(15-24(22)26(25)29)28(33)31-20-10-13-37(34,35)16-20;1-24(2)14-25(10-11-25)22(27)21-20(24)18-12-16(23(28)29)6-9-19(18)26(21)13-15-4-7-17(30-3)8-5-15;1-20(2)11-21(6-7-21)18(24)17-16(20)14-9-12(3-4-15(14)23-17)19(25)22-13-5-8-28(26,27)10-13;5-4-1-2-8(6,7)3-4/h4-9,15,20,23H,10-14,16-17H2,1-3H3,(H,31,33);4-9,12H,10-11,13-14H2,1-3H3,(H,28,29);3-4,9,13,23H,5-8,10-11H2,1-2H3,(H,22,25);4H,1-3,5H2. The number of nitrogens with one attached hydrogen (secondary N) is 3. The lowest BCUT2D eigenvalue weighted by atomic mass is 9.64. The van der Waals surface area contributed by atoms with Gasteiger partial charge in [0.1, 0.15) is 11.5 Å². The number of rotatable bonds is 11. The van der Waals surface area contributed by atoms with Crippen LogP contribution in [0.15, 0.2) is 109 Å². The number of allylic oxidation sites excluding steroid dienone is 2. The number of amides is 2. The maximum Gasteiger partial charge on any atom is 0.335 e. The average Bonchev–Trinajstić information content (AvgIpc) is 1.55. The predicted molar refractivity (Wildman–Crippen MR) is 395 cm³/mol. The molecule has 5 aromatic carbocycles. The van der Waals surface area contributed by atoms with Crippen LogP contribution in [0.1, 0.15) is 210 Å². The van der Waals surface area contributed by atoms with E-state index in [0.29, 0.717) is 54.8 Å². The van der Waals surface area contributed by atoms with E-state index in [1.54, 1.807) is 32.4 Å². The number of nitrogens with two attached hydrogens (primary N) is 1. The second-order valence-corrected chi connectivity index (χ2v) is 39.5. The summed E-state index contributed by atoms with van der Waals surface area (Å²) in [5.41, 5.74) is 17.0. The minimum absolute atomic E-state index is 0.00412. The van der Waals surface area contributed by atoms with E-state index in [-0.39, 0.29) is 120 Å². The molecule has 3 spiro atoms. The van der Waals surface area contributed by atoms with Gasteiger partial charge in [-0.1, -0.05) is 71.9 Å². The van der Waals surface area contributed by atoms with Crippen molar-refractivity contribution in [1.29, 1.82) is 0 Å². The molecule has 10 aliphatic rings. The Balaban J connectivity index is 0.000000125. The van der Waals surface area contributed by atoms with Crippen molar-refractivity contribution in [2.75, 3.05) is 48.7 Å². The fraction of sp³-hybridized carbons (Fsp3) is 0.475. The molecule has 3 aliphatic heterocycles. The van der Waals surface area contributed by atoms with Gasteiger partial charge in [-0.05, 0) is 211 Å². The molecule has 17 rings (SSSR count). The number of carboxylic acids is 1. The summed E-state index contributed by atoms with van der Waals surface area (Å²) >= 11 is 0. The number of H-pyrrole nitrogens is 1. The number of hydrogen-bond donors (Lipinski definition) is 5. The number of benzene rings is 5. The zero-order valence-electron chi connectivity index (χ0n) is 59.7. The van der Waals surface area contributed by atoms with Crippen molar-refractivity contribution in [2.45, 2.75) is 166 Å². The smallest absolute Gasteiger partial charge is 0.335 e. The lowest BCUT2D eigenvalue weighted by Gasteiger charge is -2.38. The van der Waals surface area contributed by atoms with Crippen LogP contribution in [0.2, 0.25) is 0 Å². The molecule has 6 fully saturated rings. The summed E-state index contributed by atoms with van der Waals surface area (Å²) in [5.74, 6) is 1.49. The van der Waals surface area contributed by atoms with E-state index < -0.39 is 35.5 Å². The van der Waals surface area contributed by atoms with Crippen LogP contribution in [0.3, 0.4) is 0 Å². The highest BCUT2D eigenvalue weighted by molar-refractivity contribution is 7.92. The van der Waals surface area contributed by atoms with E-state index in [1.165, 1.54) is 0 Å². The molecule has 544 valence electrons. The number of nitrogens with zero attached hydrogens (tertiary/aromatic N) is 1. The van der Waals surface area contributed by atoms with E-state index in [9.17, 15) is 59.1 Å². The van der Waals surface area contributed by atoms with Crippen LogP contribution >= 0.6 is 0 Å². The molecule has 6 N–H and O–H groups in total. The largest absolute Gasteiger partial charge is 0.497 e. The highest BCUT2D eigenvalue weighted by Gasteiger charge is 2.62. The fourth-order valence-electron chi connectivity index (χ4n) is 18.3. The summed E-state index contributed by atoms with van der Waals surface area (Å²) in [6.07, 6.45) is 10.5. The number of hydrogen-bond acceptors (Lipinski definition) is 15. The number of aromatic amines is 1. The van der Waals surface area contributed by atoms with Gasteiger partial charge in [-0.3, -0.25) is 24.0 Å². The molecule has 4 atom stereocenters. The first-order valence-corrected chi connectivity index (χ1v) is 41.3.